The Morgan fingerprint density at radius 1 is 1.11 bits per heavy atom. The Kier molecular flexibility index (Phi) is 6.09. The molecule has 19 heavy (non-hydrogen) atoms. The third-order valence-corrected chi connectivity index (χ3v) is 5.44. The first-order valence-corrected chi connectivity index (χ1v) is 9.35. The van der Waals surface area contributed by atoms with E-state index in [0.29, 0.717) is 0 Å². The molecule has 102 valence electrons. The van der Waals surface area contributed by atoms with Crippen LogP contribution in [-0.2, 0) is 0 Å². The van der Waals surface area contributed by atoms with E-state index in [1.54, 1.807) is 11.3 Å². The maximum atomic E-state index is 3.64. The van der Waals surface area contributed by atoms with E-state index in [9.17, 15) is 0 Å². The van der Waals surface area contributed by atoms with E-state index in [-0.39, 0.29) is 6.04 Å². The predicted octanol–water partition coefficient (Wildman–Crippen LogP) is 6.12. The number of rotatable bonds is 5. The van der Waals surface area contributed by atoms with Gasteiger partial charge in [0.2, 0.25) is 0 Å². The van der Waals surface area contributed by atoms with Crippen LogP contribution < -0.4 is 5.32 Å². The Labute approximate surface area is 143 Å². The zero-order valence-corrected chi connectivity index (χ0v) is 16.0. The molecular weight excluding hydrogens is 454 g/mol. The van der Waals surface area contributed by atoms with Crippen LogP contribution in [0.1, 0.15) is 30.5 Å². The van der Waals surface area contributed by atoms with Crippen LogP contribution >= 0.6 is 59.1 Å². The first-order chi connectivity index (χ1) is 9.11. The highest BCUT2D eigenvalue weighted by Crippen LogP contribution is 2.34. The number of hydrogen-bond donors (Lipinski definition) is 1. The van der Waals surface area contributed by atoms with Crippen LogP contribution in [0.3, 0.4) is 0 Å². The number of nitrogens with one attached hydrogen (secondary N) is 1. The van der Waals surface area contributed by atoms with E-state index in [0.717, 1.165) is 21.9 Å². The number of benzene rings is 1. The molecule has 0 aliphatic heterocycles. The van der Waals surface area contributed by atoms with Gasteiger partial charge in [0.1, 0.15) is 0 Å². The normalized spacial score (nSPS) is 12.6. The fourth-order valence-corrected chi connectivity index (χ4v) is 4.82. The van der Waals surface area contributed by atoms with Crippen LogP contribution in [0.4, 0.5) is 0 Å². The summed E-state index contributed by atoms with van der Waals surface area (Å²) in [5.41, 5.74) is 2.55. The predicted molar refractivity (Wildman–Crippen MR) is 94.0 cm³/mol. The summed E-state index contributed by atoms with van der Waals surface area (Å²) in [5, 5.41) is 7.95. The fourth-order valence-electron chi connectivity index (χ4n) is 1.94. The molecule has 0 amide bonds. The van der Waals surface area contributed by atoms with Crippen LogP contribution in [0, 0.1) is 0 Å². The maximum absolute atomic E-state index is 3.64. The van der Waals surface area contributed by atoms with Gasteiger partial charge in [0.15, 0.2) is 0 Å². The van der Waals surface area contributed by atoms with E-state index >= 15 is 0 Å². The molecule has 1 heterocycles. The summed E-state index contributed by atoms with van der Waals surface area (Å²) in [7, 11) is 0. The largest absolute Gasteiger partial charge is 0.306 e. The SMILES string of the molecule is CCCNC(c1cc(Br)cc(Br)c1)c1cscc1Br. The van der Waals surface area contributed by atoms with Gasteiger partial charge in [-0.05, 0) is 63.6 Å². The van der Waals surface area contributed by atoms with Crippen LogP contribution in [0.15, 0.2) is 42.4 Å². The molecule has 0 radical (unpaired) electrons. The van der Waals surface area contributed by atoms with Gasteiger partial charge in [0, 0.05) is 18.8 Å². The van der Waals surface area contributed by atoms with Gasteiger partial charge < -0.3 is 5.32 Å². The van der Waals surface area contributed by atoms with Crippen molar-refractivity contribution in [2.75, 3.05) is 6.54 Å². The van der Waals surface area contributed by atoms with E-state index in [2.05, 4.69) is 89.0 Å². The minimum absolute atomic E-state index is 0.217. The van der Waals surface area contributed by atoms with Crippen molar-refractivity contribution in [1.29, 1.82) is 0 Å². The molecule has 1 nitrogen and oxygen atoms in total. The minimum atomic E-state index is 0.217. The topological polar surface area (TPSA) is 12.0 Å². The van der Waals surface area contributed by atoms with Crippen molar-refractivity contribution in [3.8, 4) is 0 Å². The minimum Gasteiger partial charge on any atom is -0.306 e. The summed E-state index contributed by atoms with van der Waals surface area (Å²) in [6.07, 6.45) is 1.12. The number of hydrogen-bond acceptors (Lipinski definition) is 2. The standard InChI is InChI=1S/C14H14Br3NS/c1-2-3-18-14(12-7-19-8-13(12)17)9-4-10(15)6-11(16)5-9/h4-8,14,18H,2-3H2,1H3. The molecule has 2 aromatic rings. The average Bonchev–Trinajstić information content (AvgIpc) is 2.75. The molecule has 0 saturated heterocycles. The zero-order chi connectivity index (χ0) is 13.8. The highest BCUT2D eigenvalue weighted by atomic mass is 79.9. The first kappa shape index (κ1) is 15.7. The summed E-state index contributed by atoms with van der Waals surface area (Å²) < 4.78 is 3.35. The van der Waals surface area contributed by atoms with Gasteiger partial charge in [-0.2, -0.15) is 11.3 Å². The molecule has 2 rings (SSSR count). The van der Waals surface area contributed by atoms with Crippen molar-refractivity contribution in [1.82, 2.24) is 5.32 Å². The second-order valence-electron chi connectivity index (χ2n) is 4.26. The quantitative estimate of drug-likeness (QED) is 0.558. The van der Waals surface area contributed by atoms with Crippen molar-refractivity contribution in [2.24, 2.45) is 0 Å². The van der Waals surface area contributed by atoms with Gasteiger partial charge in [-0.1, -0.05) is 38.8 Å². The van der Waals surface area contributed by atoms with Gasteiger partial charge in [-0.25, -0.2) is 0 Å². The van der Waals surface area contributed by atoms with Crippen molar-refractivity contribution in [3.63, 3.8) is 0 Å². The van der Waals surface area contributed by atoms with Gasteiger partial charge in [0.25, 0.3) is 0 Å². The van der Waals surface area contributed by atoms with Gasteiger partial charge in [-0.3, -0.25) is 0 Å². The van der Waals surface area contributed by atoms with Crippen molar-refractivity contribution in [2.45, 2.75) is 19.4 Å². The number of thiophene rings is 1. The lowest BCUT2D eigenvalue weighted by molar-refractivity contribution is 0.598. The van der Waals surface area contributed by atoms with E-state index in [1.807, 2.05) is 0 Å². The van der Waals surface area contributed by atoms with Gasteiger partial charge >= 0.3 is 0 Å². The van der Waals surface area contributed by atoms with Crippen LogP contribution in [-0.4, -0.2) is 6.54 Å². The van der Waals surface area contributed by atoms with Crippen molar-refractivity contribution >= 4 is 59.1 Å². The lowest BCUT2D eigenvalue weighted by Crippen LogP contribution is -2.23. The molecule has 0 aliphatic carbocycles. The van der Waals surface area contributed by atoms with Gasteiger partial charge in [0.05, 0.1) is 6.04 Å². The highest BCUT2D eigenvalue weighted by molar-refractivity contribution is 9.11. The molecule has 0 fully saturated rings. The highest BCUT2D eigenvalue weighted by Gasteiger charge is 2.17. The molecule has 0 saturated carbocycles. The Bertz CT molecular complexity index is 533. The Balaban J connectivity index is 2.39. The van der Waals surface area contributed by atoms with Crippen LogP contribution in [0.2, 0.25) is 0 Å². The first-order valence-electron chi connectivity index (χ1n) is 6.02. The molecule has 1 aromatic carbocycles. The summed E-state index contributed by atoms with van der Waals surface area (Å²) >= 11 is 12.5. The van der Waals surface area contributed by atoms with Crippen molar-refractivity contribution in [3.05, 3.63) is 53.5 Å². The summed E-state index contributed by atoms with van der Waals surface area (Å²) in [6, 6.07) is 6.61. The fraction of sp³-hybridized carbons (Fsp3) is 0.286. The Hall–Kier alpha value is 0.320. The van der Waals surface area contributed by atoms with E-state index < -0.39 is 0 Å². The monoisotopic (exact) mass is 465 g/mol. The summed E-state index contributed by atoms with van der Waals surface area (Å²) in [4.78, 5) is 0. The smallest absolute Gasteiger partial charge is 0.0597 e. The maximum Gasteiger partial charge on any atom is 0.0597 e. The third-order valence-electron chi connectivity index (χ3n) is 2.77. The molecule has 1 N–H and O–H groups in total. The Morgan fingerprint density at radius 3 is 2.32 bits per heavy atom. The second kappa shape index (κ2) is 7.36. The van der Waals surface area contributed by atoms with Crippen LogP contribution in [0.25, 0.3) is 0 Å². The van der Waals surface area contributed by atoms with E-state index in [4.69, 9.17) is 0 Å². The second-order valence-corrected chi connectivity index (χ2v) is 7.69. The van der Waals surface area contributed by atoms with Crippen LogP contribution in [0.5, 0.6) is 0 Å². The molecule has 1 aromatic heterocycles. The molecule has 1 unspecified atom stereocenters. The van der Waals surface area contributed by atoms with Crippen molar-refractivity contribution < 1.29 is 0 Å². The summed E-state index contributed by atoms with van der Waals surface area (Å²) in [6.45, 7) is 3.18. The molecular formula is C14H14Br3NS. The molecule has 0 spiro atoms. The summed E-state index contributed by atoms with van der Waals surface area (Å²) in [5.74, 6) is 0. The lowest BCUT2D eigenvalue weighted by atomic mass is 10.0. The molecule has 1 atom stereocenters. The van der Waals surface area contributed by atoms with Gasteiger partial charge in [-0.15, -0.1) is 0 Å². The molecule has 0 bridgehead atoms. The average molecular weight is 468 g/mol. The third kappa shape index (κ3) is 4.14. The zero-order valence-electron chi connectivity index (χ0n) is 10.4. The molecule has 0 aliphatic rings. The Morgan fingerprint density at radius 2 is 1.79 bits per heavy atom. The number of halogens is 3. The molecule has 5 heteroatoms. The lowest BCUT2D eigenvalue weighted by Gasteiger charge is -2.19. The van der Waals surface area contributed by atoms with E-state index in [1.165, 1.54) is 15.6 Å².